The van der Waals surface area contributed by atoms with Gasteiger partial charge in [0.05, 0.1) is 10.4 Å². The number of thiophene rings is 1. The number of aryl methyl sites for hydroxylation is 1. The number of halogens is 1. The molecule has 1 atom stereocenters. The second kappa shape index (κ2) is 5.63. The number of amides is 2. The number of hydrogen-bond donors (Lipinski definition) is 2. The van der Waals surface area contributed by atoms with E-state index in [0.29, 0.717) is 10.6 Å². The molecule has 1 aliphatic carbocycles. The van der Waals surface area contributed by atoms with Crippen LogP contribution >= 0.6 is 27.3 Å². The lowest BCUT2D eigenvalue weighted by Gasteiger charge is -2.13. The Balaban J connectivity index is 2.26. The molecule has 0 bridgehead atoms. The Morgan fingerprint density at radius 3 is 2.63 bits per heavy atom. The van der Waals surface area contributed by atoms with E-state index in [1.165, 1.54) is 16.2 Å². The van der Waals surface area contributed by atoms with Crippen molar-refractivity contribution < 1.29 is 9.59 Å². The van der Waals surface area contributed by atoms with E-state index in [4.69, 9.17) is 5.73 Å². The van der Waals surface area contributed by atoms with Crippen LogP contribution in [-0.4, -0.2) is 16.6 Å². The summed E-state index contributed by atoms with van der Waals surface area (Å²) in [6.07, 6.45) is 2.91. The fourth-order valence-electron chi connectivity index (χ4n) is 2.24. The van der Waals surface area contributed by atoms with E-state index in [0.717, 1.165) is 24.8 Å². The van der Waals surface area contributed by atoms with Crippen LogP contribution in [0.4, 0.5) is 5.00 Å². The first-order valence-electron chi connectivity index (χ1n) is 6.31. The number of rotatable bonds is 4. The lowest BCUT2D eigenvalue weighted by atomic mass is 10.1. The highest BCUT2D eigenvalue weighted by Crippen LogP contribution is 2.39. The minimum Gasteiger partial charge on any atom is -0.365 e. The van der Waals surface area contributed by atoms with Gasteiger partial charge in [-0.3, -0.25) is 9.59 Å². The van der Waals surface area contributed by atoms with Gasteiger partial charge in [-0.05, 0) is 30.7 Å². The maximum absolute atomic E-state index is 12.1. The van der Waals surface area contributed by atoms with Gasteiger partial charge in [-0.2, -0.15) is 0 Å². The van der Waals surface area contributed by atoms with E-state index in [1.54, 1.807) is 0 Å². The lowest BCUT2D eigenvalue weighted by molar-refractivity contribution is -0.116. The van der Waals surface area contributed by atoms with Gasteiger partial charge in [0.1, 0.15) is 5.00 Å². The summed E-state index contributed by atoms with van der Waals surface area (Å²) in [6, 6.07) is 0. The highest BCUT2D eigenvalue weighted by Gasteiger charge is 2.27. The Morgan fingerprint density at radius 2 is 2.05 bits per heavy atom. The van der Waals surface area contributed by atoms with Crippen LogP contribution in [0.2, 0.25) is 0 Å². The predicted octanol–water partition coefficient (Wildman–Crippen LogP) is 2.69. The summed E-state index contributed by atoms with van der Waals surface area (Å²) < 4.78 is 0. The molecule has 3 N–H and O–H groups in total. The number of carbonyl (C=O) groups is 2. The Hall–Kier alpha value is -0.880. The van der Waals surface area contributed by atoms with Gasteiger partial charge in [-0.15, -0.1) is 11.3 Å². The fourth-order valence-corrected chi connectivity index (χ4v) is 3.65. The van der Waals surface area contributed by atoms with Crippen LogP contribution in [0.5, 0.6) is 0 Å². The average Bonchev–Trinajstić information content (AvgIpc) is 2.86. The van der Waals surface area contributed by atoms with Gasteiger partial charge < -0.3 is 11.1 Å². The predicted molar refractivity (Wildman–Crippen MR) is 81.0 cm³/mol. The largest absolute Gasteiger partial charge is 0.365 e. The van der Waals surface area contributed by atoms with E-state index in [9.17, 15) is 9.59 Å². The van der Waals surface area contributed by atoms with Crippen molar-refractivity contribution in [2.24, 2.45) is 11.7 Å². The van der Waals surface area contributed by atoms with Crippen molar-refractivity contribution in [2.45, 2.75) is 37.9 Å². The number of alkyl halides is 1. The molecule has 0 aliphatic heterocycles. The Bertz CT molecular complexity index is 525. The van der Waals surface area contributed by atoms with Gasteiger partial charge >= 0.3 is 0 Å². The van der Waals surface area contributed by atoms with Crippen molar-refractivity contribution >= 4 is 44.1 Å². The molecule has 1 aromatic heterocycles. The maximum atomic E-state index is 12.1. The number of primary amides is 1. The van der Waals surface area contributed by atoms with Gasteiger partial charge in [0.15, 0.2) is 0 Å². The van der Waals surface area contributed by atoms with Gasteiger partial charge in [0, 0.05) is 4.88 Å². The normalized spacial score (nSPS) is 15.4. The van der Waals surface area contributed by atoms with Crippen molar-refractivity contribution in [1.82, 2.24) is 0 Å². The summed E-state index contributed by atoms with van der Waals surface area (Å²) in [6.45, 7) is 3.92. The van der Waals surface area contributed by atoms with Gasteiger partial charge in [0.25, 0.3) is 5.91 Å². The molecule has 0 radical (unpaired) electrons. The molecule has 0 aromatic carbocycles. The van der Waals surface area contributed by atoms with Crippen LogP contribution < -0.4 is 11.1 Å². The van der Waals surface area contributed by atoms with Crippen molar-refractivity contribution in [2.75, 3.05) is 5.32 Å². The van der Waals surface area contributed by atoms with Crippen LogP contribution in [0.25, 0.3) is 0 Å². The first kappa shape index (κ1) is 14.5. The number of nitrogens with two attached hydrogens (primary N) is 1. The summed E-state index contributed by atoms with van der Waals surface area (Å²) >= 11 is 4.84. The Labute approximate surface area is 124 Å². The van der Waals surface area contributed by atoms with E-state index in [-0.39, 0.29) is 16.7 Å². The van der Waals surface area contributed by atoms with Gasteiger partial charge in [-0.25, -0.2) is 0 Å². The number of nitrogens with one attached hydrogen (secondary N) is 1. The molecule has 0 spiro atoms. The molecule has 2 rings (SSSR count). The molecule has 4 nitrogen and oxygen atoms in total. The fraction of sp³-hybridized carbons (Fsp3) is 0.538. The van der Waals surface area contributed by atoms with E-state index >= 15 is 0 Å². The molecular formula is C13H17BrN2O2S. The van der Waals surface area contributed by atoms with Crippen molar-refractivity contribution in [1.29, 1.82) is 0 Å². The molecule has 1 heterocycles. The minimum absolute atomic E-state index is 0.127. The SMILES string of the molecule is CC(C)C(Br)C(=O)Nc1sc2c(c1C(N)=O)CCC2. The Kier molecular flexibility index (Phi) is 4.30. The molecule has 104 valence electrons. The summed E-state index contributed by atoms with van der Waals surface area (Å²) in [5.41, 5.74) is 6.99. The second-order valence-corrected chi connectivity index (χ2v) is 7.15. The third kappa shape index (κ3) is 2.84. The number of anilines is 1. The van der Waals surface area contributed by atoms with E-state index in [2.05, 4.69) is 21.2 Å². The lowest BCUT2D eigenvalue weighted by Crippen LogP contribution is -2.27. The summed E-state index contributed by atoms with van der Waals surface area (Å²) in [5, 5.41) is 3.44. The molecule has 19 heavy (non-hydrogen) atoms. The quantitative estimate of drug-likeness (QED) is 0.824. The summed E-state index contributed by atoms with van der Waals surface area (Å²) in [7, 11) is 0. The van der Waals surface area contributed by atoms with Crippen molar-refractivity contribution in [3.05, 3.63) is 16.0 Å². The second-order valence-electron chi connectivity index (χ2n) is 5.06. The highest BCUT2D eigenvalue weighted by atomic mass is 79.9. The number of fused-ring (bicyclic) bond motifs is 1. The zero-order chi connectivity index (χ0) is 14.2. The first-order valence-corrected chi connectivity index (χ1v) is 8.04. The highest BCUT2D eigenvalue weighted by molar-refractivity contribution is 9.10. The topological polar surface area (TPSA) is 72.2 Å². The third-order valence-corrected chi connectivity index (χ3v) is 5.92. The molecule has 0 saturated heterocycles. The van der Waals surface area contributed by atoms with Crippen LogP contribution in [0.1, 0.15) is 41.1 Å². The molecule has 0 fully saturated rings. The van der Waals surface area contributed by atoms with E-state index in [1.807, 2.05) is 13.8 Å². The molecule has 1 unspecified atom stereocenters. The van der Waals surface area contributed by atoms with Crippen molar-refractivity contribution in [3.63, 3.8) is 0 Å². The standard InChI is InChI=1S/C13H17BrN2O2S/c1-6(2)10(14)12(18)16-13-9(11(15)17)7-4-3-5-8(7)19-13/h6,10H,3-5H2,1-2H3,(H2,15,17)(H,16,18). The van der Waals surface area contributed by atoms with Crippen LogP contribution in [0.15, 0.2) is 0 Å². The summed E-state index contributed by atoms with van der Waals surface area (Å²) in [4.78, 5) is 24.6. The molecule has 1 aromatic rings. The smallest absolute Gasteiger partial charge is 0.251 e. The first-order chi connectivity index (χ1) is 8.91. The average molecular weight is 345 g/mol. The zero-order valence-corrected chi connectivity index (χ0v) is 13.4. The summed E-state index contributed by atoms with van der Waals surface area (Å²) in [5.74, 6) is -0.397. The maximum Gasteiger partial charge on any atom is 0.251 e. The molecule has 6 heteroatoms. The van der Waals surface area contributed by atoms with Crippen LogP contribution in [-0.2, 0) is 17.6 Å². The zero-order valence-electron chi connectivity index (χ0n) is 11.0. The Morgan fingerprint density at radius 1 is 1.37 bits per heavy atom. The number of hydrogen-bond acceptors (Lipinski definition) is 3. The number of carbonyl (C=O) groups excluding carboxylic acids is 2. The van der Waals surface area contributed by atoms with Crippen molar-refractivity contribution in [3.8, 4) is 0 Å². The van der Waals surface area contributed by atoms with E-state index < -0.39 is 5.91 Å². The van der Waals surface area contributed by atoms with Gasteiger partial charge in [-0.1, -0.05) is 29.8 Å². The molecule has 2 amide bonds. The van der Waals surface area contributed by atoms with Gasteiger partial charge in [0.2, 0.25) is 5.91 Å². The molecule has 1 aliphatic rings. The third-order valence-electron chi connectivity index (χ3n) is 3.24. The molecular weight excluding hydrogens is 328 g/mol. The minimum atomic E-state index is -0.453. The monoisotopic (exact) mass is 344 g/mol. The molecule has 0 saturated carbocycles. The van der Waals surface area contributed by atoms with Crippen LogP contribution in [0.3, 0.4) is 0 Å². The van der Waals surface area contributed by atoms with Crippen LogP contribution in [0, 0.1) is 5.92 Å².